The smallest absolute Gasteiger partial charge is 0.0899 e. The highest BCUT2D eigenvalue weighted by Crippen LogP contribution is 2.68. The Morgan fingerprint density at radius 3 is 2.62 bits per heavy atom. The molecule has 2 unspecified atom stereocenters. The van der Waals surface area contributed by atoms with E-state index in [0.717, 1.165) is 24.2 Å². The fraction of sp³-hybridized carbons (Fsp3) is 0.760. The molecule has 7 atom stereocenters. The zero-order valence-electron chi connectivity index (χ0n) is 17.4. The van der Waals surface area contributed by atoms with Crippen molar-refractivity contribution < 1.29 is 5.11 Å². The Morgan fingerprint density at radius 1 is 1.19 bits per heavy atom. The van der Waals surface area contributed by atoms with Crippen LogP contribution in [0.5, 0.6) is 0 Å². The second-order valence-electron chi connectivity index (χ2n) is 10.5. The van der Waals surface area contributed by atoms with E-state index in [1.54, 1.807) is 5.57 Å². The number of hydrogen-bond acceptors (Lipinski definition) is 1. The molecule has 1 nitrogen and oxygen atoms in total. The molecule has 144 valence electrons. The van der Waals surface area contributed by atoms with E-state index in [0.29, 0.717) is 17.8 Å². The van der Waals surface area contributed by atoms with Crippen molar-refractivity contribution >= 4 is 0 Å². The lowest BCUT2D eigenvalue weighted by Gasteiger charge is -2.57. The van der Waals surface area contributed by atoms with E-state index in [-0.39, 0.29) is 5.41 Å². The van der Waals surface area contributed by atoms with E-state index in [9.17, 15) is 5.11 Å². The lowest BCUT2D eigenvalue weighted by molar-refractivity contribution is -0.0213. The number of aliphatic hydroxyl groups is 1. The SMILES string of the molecule is C=CCC1(O)C[C@H]2[C@@H]3CC=C4C[C@@H](C)CCC4(C)[C@H]3CC[C@]2(C)/C1=C\C. The van der Waals surface area contributed by atoms with Gasteiger partial charge in [0.2, 0.25) is 0 Å². The maximum atomic E-state index is 11.5. The standard InChI is InChI=1S/C25H38O/c1-6-12-25(26)16-21-19-9-8-18-15-17(3)10-13-23(18,4)20(19)11-14-24(21,5)22(25)7-2/h6-8,17,19-21,26H,1,9-16H2,2-5H3/b22-7+/t17-,19+,20-,21-,23?,24-,25?/m0/s1. The van der Waals surface area contributed by atoms with Gasteiger partial charge in [-0.15, -0.1) is 6.58 Å². The molecule has 0 aliphatic heterocycles. The molecule has 3 saturated carbocycles. The third-order valence-corrected chi connectivity index (χ3v) is 9.18. The molecule has 0 radical (unpaired) electrons. The van der Waals surface area contributed by atoms with Crippen molar-refractivity contribution in [2.24, 2.45) is 34.5 Å². The van der Waals surface area contributed by atoms with E-state index in [4.69, 9.17) is 0 Å². The van der Waals surface area contributed by atoms with Gasteiger partial charge < -0.3 is 5.11 Å². The number of allylic oxidation sites excluding steroid dienone is 3. The van der Waals surface area contributed by atoms with Crippen LogP contribution in [0.2, 0.25) is 0 Å². The molecule has 1 heteroatoms. The fourth-order valence-corrected chi connectivity index (χ4v) is 7.91. The van der Waals surface area contributed by atoms with Gasteiger partial charge in [-0.3, -0.25) is 0 Å². The van der Waals surface area contributed by atoms with Gasteiger partial charge >= 0.3 is 0 Å². The maximum Gasteiger partial charge on any atom is 0.0899 e. The van der Waals surface area contributed by atoms with Crippen LogP contribution in [0.4, 0.5) is 0 Å². The quantitative estimate of drug-likeness (QED) is 0.565. The largest absolute Gasteiger partial charge is 0.385 e. The summed E-state index contributed by atoms with van der Waals surface area (Å²) in [5, 5.41) is 11.5. The molecule has 0 heterocycles. The zero-order valence-corrected chi connectivity index (χ0v) is 17.4. The summed E-state index contributed by atoms with van der Waals surface area (Å²) in [4.78, 5) is 0. The maximum absolute atomic E-state index is 11.5. The van der Waals surface area contributed by atoms with Crippen LogP contribution >= 0.6 is 0 Å². The van der Waals surface area contributed by atoms with Crippen LogP contribution in [-0.4, -0.2) is 10.7 Å². The third-order valence-electron chi connectivity index (χ3n) is 9.18. The van der Waals surface area contributed by atoms with Crippen LogP contribution in [-0.2, 0) is 0 Å². The van der Waals surface area contributed by atoms with Crippen LogP contribution in [0.1, 0.15) is 79.1 Å². The summed E-state index contributed by atoms with van der Waals surface area (Å²) in [5.41, 5.74) is 3.03. The van der Waals surface area contributed by atoms with Gasteiger partial charge in [-0.1, -0.05) is 44.6 Å². The normalized spacial score (nSPS) is 52.0. The summed E-state index contributed by atoms with van der Waals surface area (Å²) in [7, 11) is 0. The predicted molar refractivity (Wildman–Crippen MR) is 110 cm³/mol. The molecule has 0 spiro atoms. The molecule has 0 aromatic heterocycles. The molecule has 0 aromatic rings. The Morgan fingerprint density at radius 2 is 1.92 bits per heavy atom. The van der Waals surface area contributed by atoms with E-state index < -0.39 is 5.60 Å². The molecule has 0 amide bonds. The van der Waals surface area contributed by atoms with Gasteiger partial charge in [0.25, 0.3) is 0 Å². The van der Waals surface area contributed by atoms with E-state index >= 15 is 0 Å². The Kier molecular flexibility index (Phi) is 4.34. The molecule has 4 aliphatic carbocycles. The summed E-state index contributed by atoms with van der Waals surface area (Å²) in [6.45, 7) is 13.5. The summed E-state index contributed by atoms with van der Waals surface area (Å²) < 4.78 is 0. The minimum atomic E-state index is -0.656. The van der Waals surface area contributed by atoms with Gasteiger partial charge in [0.15, 0.2) is 0 Å². The van der Waals surface area contributed by atoms with Crippen LogP contribution in [0, 0.1) is 34.5 Å². The molecule has 0 bridgehead atoms. The third kappa shape index (κ3) is 2.38. The Labute approximate surface area is 160 Å². The second-order valence-corrected chi connectivity index (χ2v) is 10.5. The minimum Gasteiger partial charge on any atom is -0.385 e. The molecule has 0 aromatic carbocycles. The van der Waals surface area contributed by atoms with Gasteiger partial charge in [-0.2, -0.15) is 0 Å². The first-order chi connectivity index (χ1) is 12.3. The molecule has 0 saturated heterocycles. The van der Waals surface area contributed by atoms with Crippen LogP contribution < -0.4 is 0 Å². The molecule has 4 rings (SSSR count). The van der Waals surface area contributed by atoms with Crippen LogP contribution in [0.25, 0.3) is 0 Å². The van der Waals surface area contributed by atoms with Gasteiger partial charge in [-0.05, 0) is 98.4 Å². The van der Waals surface area contributed by atoms with Crippen molar-refractivity contribution in [3.8, 4) is 0 Å². The molecule has 1 N–H and O–H groups in total. The van der Waals surface area contributed by atoms with E-state index in [1.165, 1.54) is 44.1 Å². The van der Waals surface area contributed by atoms with Crippen LogP contribution in [0.3, 0.4) is 0 Å². The topological polar surface area (TPSA) is 20.2 Å². The summed E-state index contributed by atoms with van der Waals surface area (Å²) >= 11 is 0. The molecule has 4 aliphatic rings. The first-order valence-electron chi connectivity index (χ1n) is 11.0. The lowest BCUT2D eigenvalue weighted by atomic mass is 9.47. The highest BCUT2D eigenvalue weighted by atomic mass is 16.3. The van der Waals surface area contributed by atoms with Crippen molar-refractivity contribution in [1.82, 2.24) is 0 Å². The summed E-state index contributed by atoms with van der Waals surface area (Å²) in [6.07, 6.45) is 16.3. The zero-order chi connectivity index (χ0) is 18.7. The highest BCUT2D eigenvalue weighted by molar-refractivity contribution is 5.36. The summed E-state index contributed by atoms with van der Waals surface area (Å²) in [6, 6.07) is 0. The Hall–Kier alpha value is -0.820. The fourth-order valence-electron chi connectivity index (χ4n) is 7.91. The molecule has 3 fully saturated rings. The van der Waals surface area contributed by atoms with Crippen molar-refractivity contribution in [1.29, 1.82) is 0 Å². The first kappa shape index (κ1) is 18.5. The highest BCUT2D eigenvalue weighted by Gasteiger charge is 2.62. The average Bonchev–Trinajstić information content (AvgIpc) is 2.82. The number of fused-ring (bicyclic) bond motifs is 5. The summed E-state index contributed by atoms with van der Waals surface area (Å²) in [5.74, 6) is 3.03. The number of rotatable bonds is 2. The van der Waals surface area contributed by atoms with Crippen LogP contribution in [0.15, 0.2) is 36.0 Å². The van der Waals surface area contributed by atoms with Crippen molar-refractivity contribution in [3.05, 3.63) is 36.0 Å². The van der Waals surface area contributed by atoms with Crippen molar-refractivity contribution in [2.45, 2.75) is 84.7 Å². The van der Waals surface area contributed by atoms with E-state index in [2.05, 4.69) is 46.4 Å². The first-order valence-corrected chi connectivity index (χ1v) is 11.0. The van der Waals surface area contributed by atoms with Crippen molar-refractivity contribution in [2.75, 3.05) is 0 Å². The molecular weight excluding hydrogens is 316 g/mol. The van der Waals surface area contributed by atoms with Gasteiger partial charge in [-0.25, -0.2) is 0 Å². The van der Waals surface area contributed by atoms with E-state index in [1.807, 2.05) is 6.08 Å². The second kappa shape index (κ2) is 6.09. The van der Waals surface area contributed by atoms with Gasteiger partial charge in [0.1, 0.15) is 0 Å². The lowest BCUT2D eigenvalue weighted by Crippen LogP contribution is -2.49. The monoisotopic (exact) mass is 354 g/mol. The van der Waals surface area contributed by atoms with Gasteiger partial charge in [0, 0.05) is 0 Å². The number of hydrogen-bond donors (Lipinski definition) is 1. The van der Waals surface area contributed by atoms with Gasteiger partial charge in [0.05, 0.1) is 5.60 Å². The van der Waals surface area contributed by atoms with Crippen molar-refractivity contribution in [3.63, 3.8) is 0 Å². The Bertz CT molecular complexity index is 657. The molecular formula is C25H38O. The average molecular weight is 355 g/mol. The molecule has 26 heavy (non-hydrogen) atoms. The minimum absolute atomic E-state index is 0.178. The Balaban J connectivity index is 1.72. The predicted octanol–water partition coefficient (Wildman–Crippen LogP) is 6.45.